The zero-order chi connectivity index (χ0) is 24.3. The highest BCUT2D eigenvalue weighted by Crippen LogP contribution is 2.46. The summed E-state index contributed by atoms with van der Waals surface area (Å²) in [6, 6.07) is -2.48. The lowest BCUT2D eigenvalue weighted by Crippen LogP contribution is -2.38. The first-order valence-corrected chi connectivity index (χ1v) is 9.18. The van der Waals surface area contributed by atoms with Crippen LogP contribution in [0, 0.1) is 4.91 Å². The molecule has 20 heteroatoms. The molecule has 0 N–H and O–H groups in total. The first-order chi connectivity index (χ1) is 12.9. The predicted octanol–water partition coefficient (Wildman–Crippen LogP) is 4.06. The summed E-state index contributed by atoms with van der Waals surface area (Å²) in [6.07, 6.45) is -18.8. The summed E-state index contributed by atoms with van der Waals surface area (Å²) in [4.78, 5) is 7.78. The highest BCUT2D eigenvalue weighted by atomic mass is 32.3. The molecule has 0 atom stereocenters. The zero-order valence-corrected chi connectivity index (χ0v) is 14.6. The molecule has 30 heavy (non-hydrogen) atoms. The minimum Gasteiger partial charge on any atom is -0.166 e. The van der Waals surface area contributed by atoms with Crippen LogP contribution in [0.2, 0.25) is 0 Å². The highest BCUT2D eigenvalue weighted by molar-refractivity contribution is 7.97. The Labute approximate surface area is 156 Å². The van der Waals surface area contributed by atoms with Gasteiger partial charge in [-0.25, -0.2) is 0 Å². The van der Waals surface area contributed by atoms with Crippen LogP contribution in [-0.2, 0) is 38.6 Å². The predicted molar refractivity (Wildman–Crippen MR) is 67.2 cm³/mol. The number of alkyl halides is 12. The molecule has 0 aliphatic carbocycles. The Morgan fingerprint density at radius 1 is 0.633 bits per heavy atom. The number of nitrogens with zero attached hydrogens (tertiary/aromatic N) is 1. The minimum atomic E-state index is -7.61. The van der Waals surface area contributed by atoms with Crippen LogP contribution in [0.4, 0.5) is 52.7 Å². The molecule has 0 fully saturated rings. The van der Waals surface area contributed by atoms with E-state index in [4.69, 9.17) is 0 Å². The number of benzene rings is 1. The summed E-state index contributed by atoms with van der Waals surface area (Å²) in [6.45, 7) is 0. The third-order valence-electron chi connectivity index (χ3n) is 2.97. The van der Waals surface area contributed by atoms with Gasteiger partial charge in [-0.15, -0.1) is 8.42 Å². The summed E-state index contributed by atoms with van der Waals surface area (Å²) in [5.41, 5.74) is -16.3. The van der Waals surface area contributed by atoms with E-state index in [1.165, 1.54) is 0 Å². The number of sulfonamides is 2. The van der Waals surface area contributed by atoms with Crippen LogP contribution in [-0.4, -0.2) is 25.9 Å². The van der Waals surface area contributed by atoms with Crippen molar-refractivity contribution in [3.05, 3.63) is 33.7 Å². The van der Waals surface area contributed by atoms with E-state index < -0.39 is 81.4 Å². The second-order valence-electron chi connectivity index (χ2n) is 5.01. The van der Waals surface area contributed by atoms with Gasteiger partial charge in [-0.05, 0) is 12.1 Å². The van der Waals surface area contributed by atoms with Gasteiger partial charge in [-0.3, -0.25) is 0 Å². The van der Waals surface area contributed by atoms with Gasteiger partial charge in [0.2, 0.25) is 0 Å². The lowest BCUT2D eigenvalue weighted by molar-refractivity contribution is -0.232. The Balaban J connectivity index is 4.23. The Hall–Kier alpha value is -2.12. The number of nitroso groups, excluding NO2 is 1. The molecule has 0 saturated heterocycles. The van der Waals surface area contributed by atoms with Crippen LogP contribution in [0.25, 0.3) is 0 Å². The van der Waals surface area contributed by atoms with Crippen LogP contribution in [0.15, 0.2) is 17.0 Å². The Bertz CT molecular complexity index is 1040. The fourth-order valence-electron chi connectivity index (χ4n) is 1.78. The molecule has 0 unspecified atom stereocenters. The summed E-state index contributed by atoms with van der Waals surface area (Å²) in [7, 11) is -15.0. The molecule has 0 radical (unpaired) electrons. The molecule has 0 aromatic heterocycles. The second-order valence-corrected chi connectivity index (χ2v) is 8.68. The third kappa shape index (κ3) is 4.62. The first kappa shape index (κ1) is 25.9. The van der Waals surface area contributed by atoms with E-state index in [1.54, 1.807) is 0 Å². The van der Waals surface area contributed by atoms with Crippen molar-refractivity contribution in [3.8, 4) is 0 Å². The molecule has 0 saturated carbocycles. The maximum Gasteiger partial charge on any atom is 0.566 e. The lowest BCUT2D eigenvalue weighted by atomic mass is 10.0. The van der Waals surface area contributed by atoms with Crippen LogP contribution in [0.5, 0.6) is 0 Å². The minimum absolute atomic E-state index is 1.24. The van der Waals surface area contributed by atoms with E-state index in [-0.39, 0.29) is 0 Å². The highest BCUT2D eigenvalue weighted by Gasteiger charge is 2.65. The topological polar surface area (TPSA) is 88.4 Å². The van der Waals surface area contributed by atoms with Crippen molar-refractivity contribution in [1.82, 2.24) is 0 Å². The van der Waals surface area contributed by atoms with Gasteiger partial charge in [0.15, 0.2) is 4.90 Å². The molecule has 0 aliphatic heterocycles. The van der Waals surface area contributed by atoms with Gasteiger partial charge < -0.3 is 0 Å². The van der Waals surface area contributed by atoms with Gasteiger partial charge >= 0.3 is 44.1 Å². The molecule has 1 aromatic rings. The third-order valence-corrected chi connectivity index (χ3v) is 6.47. The molecule has 172 valence electrons. The number of hydrogen-bond donors (Lipinski definition) is 0. The van der Waals surface area contributed by atoms with Crippen molar-refractivity contribution in [2.75, 3.05) is 0 Å². The van der Waals surface area contributed by atoms with Gasteiger partial charge in [0.1, 0.15) is 0 Å². The normalized spacial score (nSPS) is 14.7. The average Bonchev–Trinajstić information content (AvgIpc) is 2.49. The van der Waals surface area contributed by atoms with E-state index in [1.807, 2.05) is 0 Å². The summed E-state index contributed by atoms with van der Waals surface area (Å²) < 4.78 is 195. The molecule has 6 nitrogen and oxygen atoms in total. The van der Waals surface area contributed by atoms with E-state index in [0.29, 0.717) is 0 Å². The number of rotatable bonds is 3. The zero-order valence-electron chi connectivity index (χ0n) is 13.0. The fraction of sp³-hybridized carbons (Fsp3) is 0.400. The Morgan fingerprint density at radius 2 is 0.967 bits per heavy atom. The first-order valence-electron chi connectivity index (χ1n) is 6.30. The smallest absolute Gasteiger partial charge is 0.166 e. The van der Waals surface area contributed by atoms with Crippen molar-refractivity contribution < 1.29 is 73.1 Å². The van der Waals surface area contributed by atoms with Gasteiger partial charge in [-0.2, -0.15) is 61.1 Å². The van der Waals surface area contributed by atoms with E-state index in [0.717, 1.165) is 0 Å². The molecule has 0 amide bonds. The molecule has 0 aliphatic rings. The molecule has 0 heterocycles. The van der Waals surface area contributed by atoms with Crippen molar-refractivity contribution in [2.45, 2.75) is 28.9 Å². The van der Waals surface area contributed by atoms with Crippen LogP contribution < -0.4 is 0 Å². The van der Waals surface area contributed by atoms with Gasteiger partial charge in [0.05, 0.1) is 21.6 Å². The summed E-state index contributed by atoms with van der Waals surface area (Å²) >= 11 is 0. The van der Waals surface area contributed by atoms with Crippen LogP contribution in [0.3, 0.4) is 0 Å². The Kier molecular flexibility index (Phi) is 6.01. The van der Waals surface area contributed by atoms with Crippen LogP contribution >= 0.6 is 0 Å². The quantitative estimate of drug-likeness (QED) is 0.454. The maximum absolute atomic E-state index is 13.0. The van der Waals surface area contributed by atoms with E-state index >= 15 is 0 Å². The maximum atomic E-state index is 13.0. The molecule has 1 rings (SSSR count). The number of hydrogen-bond acceptors (Lipinski definition) is 5. The molecular formula is C10H2F12NO5S2+. The molecule has 0 bridgehead atoms. The Morgan fingerprint density at radius 3 is 1.20 bits per heavy atom. The molecule has 0 spiro atoms. The number of halogens is 12. The van der Waals surface area contributed by atoms with Crippen molar-refractivity contribution in [1.29, 1.82) is 0 Å². The average molecular weight is 508 g/mol. The molecule has 1 aromatic carbocycles. The molecular weight excluding hydrogens is 506 g/mol. The van der Waals surface area contributed by atoms with Gasteiger partial charge in [0, 0.05) is 0 Å². The van der Waals surface area contributed by atoms with Crippen molar-refractivity contribution in [3.63, 3.8) is 0 Å². The summed E-state index contributed by atoms with van der Waals surface area (Å²) in [5.74, 6) is 0. The monoisotopic (exact) mass is 508 g/mol. The fourth-order valence-corrected chi connectivity index (χ4v) is 4.51. The largest absolute Gasteiger partial charge is 0.566 e. The van der Waals surface area contributed by atoms with Crippen molar-refractivity contribution >= 4 is 20.0 Å². The van der Waals surface area contributed by atoms with Crippen molar-refractivity contribution in [2.24, 2.45) is 0 Å². The summed E-state index contributed by atoms with van der Waals surface area (Å²) in [5, 5.41) is 0. The second kappa shape index (κ2) is 6.95. The SMILES string of the molecule is O=[N+](S(=O)(=O)c1c(C(F)(F)F)cc(C(F)(F)F)cc1C(F)(F)F)S(=O)(=O)C(F)(F)F. The van der Waals surface area contributed by atoms with Gasteiger partial charge in [-0.1, -0.05) is 0 Å². The standard InChI is InChI=1S/C10H2F12NO5S2/c11-7(12,13)3-1-4(8(14,15)16)6(5(2-3)9(17,18)19)29(25,26)23(24)30(27,28)10(20,21)22/h1-2H/q+1. The van der Waals surface area contributed by atoms with E-state index in [9.17, 15) is 74.4 Å². The van der Waals surface area contributed by atoms with Crippen LogP contribution in [0.1, 0.15) is 16.7 Å². The van der Waals surface area contributed by atoms with E-state index in [2.05, 4.69) is 0 Å². The lowest BCUT2D eigenvalue weighted by Gasteiger charge is -2.18. The van der Waals surface area contributed by atoms with Gasteiger partial charge in [0.25, 0.3) is 3.57 Å².